The van der Waals surface area contributed by atoms with Crippen molar-refractivity contribution < 1.29 is 19.0 Å². The Morgan fingerprint density at radius 3 is 2.57 bits per heavy atom. The number of carbonyl (C=O) groups is 1. The number of hydrogen-bond donors (Lipinski definition) is 3. The molecule has 0 aliphatic carbocycles. The zero-order valence-corrected chi connectivity index (χ0v) is 27.4. The second-order valence-corrected chi connectivity index (χ2v) is 12.3. The number of urea groups is 1. The lowest BCUT2D eigenvalue weighted by atomic mass is 10.2. The zero-order valence-electron chi connectivity index (χ0n) is 25.8. The van der Waals surface area contributed by atoms with Crippen LogP contribution in [0.15, 0.2) is 54.9 Å². The molecule has 5 aromatic rings. The molecule has 0 bridgehead atoms. The van der Waals surface area contributed by atoms with E-state index in [2.05, 4.69) is 42.8 Å². The smallest absolute Gasteiger partial charge is 0.323 e. The number of halogens is 1. The van der Waals surface area contributed by atoms with E-state index >= 15 is 0 Å². The number of likely N-dealkylation sites (N-methyl/N-ethyl adjacent to an activating group) is 1. The van der Waals surface area contributed by atoms with Crippen molar-refractivity contribution in [2.75, 3.05) is 76.5 Å². The lowest BCUT2D eigenvalue weighted by molar-refractivity contribution is 0.145. The van der Waals surface area contributed by atoms with Crippen molar-refractivity contribution in [3.63, 3.8) is 0 Å². The Kier molecular flexibility index (Phi) is 9.83. The lowest BCUT2D eigenvalue weighted by Gasteiger charge is -2.32. The number of carbonyl (C=O) groups excluding carboxylic acids is 1. The molecule has 240 valence electrons. The molecule has 0 saturated carbocycles. The fraction of sp³-hybridized carbons (Fsp3) is 0.312. The number of benzene rings is 3. The van der Waals surface area contributed by atoms with Crippen LogP contribution in [-0.2, 0) is 0 Å². The molecule has 12 nitrogen and oxygen atoms in total. The molecule has 3 N–H and O–H groups in total. The number of amides is 2. The number of fused-ring (bicyclic) bond motifs is 2. The van der Waals surface area contributed by atoms with Gasteiger partial charge in [0.05, 0.1) is 42.2 Å². The van der Waals surface area contributed by atoms with E-state index in [0.717, 1.165) is 60.3 Å². The summed E-state index contributed by atoms with van der Waals surface area (Å²) in [5.74, 6) is 2.36. The number of nitrogens with zero attached hydrogens (tertiary/aromatic N) is 5. The highest BCUT2D eigenvalue weighted by atomic mass is 35.5. The summed E-state index contributed by atoms with van der Waals surface area (Å²) in [4.78, 5) is 31.2. The van der Waals surface area contributed by atoms with Gasteiger partial charge in [-0.3, -0.25) is 0 Å². The molecule has 1 aliphatic rings. The third kappa shape index (κ3) is 7.50. The second-order valence-electron chi connectivity index (χ2n) is 10.8. The number of piperazine rings is 1. The largest absolute Gasteiger partial charge is 0.495 e. The van der Waals surface area contributed by atoms with Crippen LogP contribution in [0.2, 0.25) is 5.02 Å². The number of thiazole rings is 1. The normalized spacial score (nSPS) is 13.9. The fourth-order valence-electron chi connectivity index (χ4n) is 5.20. The first-order valence-electron chi connectivity index (χ1n) is 14.8. The van der Waals surface area contributed by atoms with Crippen LogP contribution in [0.4, 0.5) is 27.1 Å². The number of hydrogen-bond acceptors (Lipinski definition) is 11. The molecular weight excluding hydrogens is 628 g/mol. The van der Waals surface area contributed by atoms with Crippen LogP contribution < -0.4 is 30.2 Å². The van der Waals surface area contributed by atoms with Gasteiger partial charge in [-0.2, -0.15) is 0 Å². The van der Waals surface area contributed by atoms with Crippen molar-refractivity contribution in [1.82, 2.24) is 24.8 Å². The van der Waals surface area contributed by atoms with Gasteiger partial charge in [0.2, 0.25) is 0 Å². The minimum absolute atomic E-state index is 0.428. The molecule has 1 aliphatic heterocycles. The predicted octanol–water partition coefficient (Wildman–Crippen LogP) is 6.31. The molecule has 3 heterocycles. The Labute approximate surface area is 275 Å². The van der Waals surface area contributed by atoms with Gasteiger partial charge in [-0.05, 0) is 55.9 Å². The summed E-state index contributed by atoms with van der Waals surface area (Å²) < 4.78 is 18.0. The standard InChI is InChI=1S/C32H35ClN8O4S/c1-40-10-12-41(13-11-40)9-4-14-45-28-18-24-22(17-27(28)44-3)30(35-19-34-24)39-32-38-23-7-6-21(16-29(23)46-32)36-31(42)37-25-15-20(33)5-8-26(25)43-2/h5-8,15-19H,4,9-14H2,1-3H3,(H2,36,37,42)(H,34,35,38,39). The molecule has 0 atom stereocenters. The zero-order chi connectivity index (χ0) is 32.0. The Hall–Kier alpha value is -4.43. The summed E-state index contributed by atoms with van der Waals surface area (Å²) in [5, 5.41) is 10.9. The minimum Gasteiger partial charge on any atom is -0.495 e. The quantitative estimate of drug-likeness (QED) is 0.138. The van der Waals surface area contributed by atoms with Crippen molar-refractivity contribution in [1.29, 1.82) is 0 Å². The average Bonchev–Trinajstić information content (AvgIpc) is 3.45. The monoisotopic (exact) mass is 662 g/mol. The van der Waals surface area contributed by atoms with Gasteiger partial charge in [0.1, 0.15) is 17.9 Å². The predicted molar refractivity (Wildman–Crippen MR) is 184 cm³/mol. The van der Waals surface area contributed by atoms with Gasteiger partial charge < -0.3 is 40.0 Å². The first-order valence-corrected chi connectivity index (χ1v) is 16.0. The van der Waals surface area contributed by atoms with Crippen LogP contribution >= 0.6 is 22.9 Å². The van der Waals surface area contributed by atoms with E-state index in [1.165, 1.54) is 24.8 Å². The van der Waals surface area contributed by atoms with Crippen LogP contribution in [0.3, 0.4) is 0 Å². The fourth-order valence-corrected chi connectivity index (χ4v) is 6.27. The number of anilines is 4. The molecule has 2 amide bonds. The molecule has 0 spiro atoms. The molecule has 1 fully saturated rings. The summed E-state index contributed by atoms with van der Waals surface area (Å²) in [5.41, 5.74) is 2.57. The van der Waals surface area contributed by atoms with E-state index in [9.17, 15) is 4.79 Å². The summed E-state index contributed by atoms with van der Waals surface area (Å²) in [7, 11) is 5.32. The summed E-state index contributed by atoms with van der Waals surface area (Å²) >= 11 is 7.52. The van der Waals surface area contributed by atoms with Crippen molar-refractivity contribution in [3.05, 3.63) is 59.9 Å². The van der Waals surface area contributed by atoms with Gasteiger partial charge in [0.15, 0.2) is 16.6 Å². The third-order valence-corrected chi connectivity index (χ3v) is 8.84. The Morgan fingerprint density at radius 1 is 0.935 bits per heavy atom. The van der Waals surface area contributed by atoms with Crippen LogP contribution in [-0.4, -0.2) is 91.4 Å². The molecule has 46 heavy (non-hydrogen) atoms. The number of rotatable bonds is 11. The molecule has 6 rings (SSSR count). The highest BCUT2D eigenvalue weighted by Gasteiger charge is 2.16. The molecule has 2 aromatic heterocycles. The van der Waals surface area contributed by atoms with Crippen molar-refractivity contribution >= 4 is 72.4 Å². The van der Waals surface area contributed by atoms with Gasteiger partial charge >= 0.3 is 6.03 Å². The summed E-state index contributed by atoms with van der Waals surface area (Å²) in [6.45, 7) is 5.98. The molecule has 0 radical (unpaired) electrons. The van der Waals surface area contributed by atoms with E-state index < -0.39 is 6.03 Å². The van der Waals surface area contributed by atoms with E-state index in [4.69, 9.17) is 30.8 Å². The van der Waals surface area contributed by atoms with Crippen molar-refractivity contribution in [3.8, 4) is 17.2 Å². The van der Waals surface area contributed by atoms with Crippen LogP contribution in [0.1, 0.15) is 6.42 Å². The van der Waals surface area contributed by atoms with Crippen molar-refractivity contribution in [2.24, 2.45) is 0 Å². The minimum atomic E-state index is -0.428. The maximum atomic E-state index is 12.7. The summed E-state index contributed by atoms with van der Waals surface area (Å²) in [6.07, 6.45) is 2.44. The number of nitrogens with one attached hydrogen (secondary N) is 3. The molecular formula is C32H35ClN8O4S. The number of methoxy groups -OCH3 is 2. The molecule has 3 aromatic carbocycles. The van der Waals surface area contributed by atoms with Crippen LogP contribution in [0, 0.1) is 0 Å². The van der Waals surface area contributed by atoms with Crippen molar-refractivity contribution in [2.45, 2.75) is 6.42 Å². The average molecular weight is 663 g/mol. The summed E-state index contributed by atoms with van der Waals surface area (Å²) in [6, 6.07) is 13.9. The Balaban J connectivity index is 1.12. The SMILES string of the molecule is COc1ccc(Cl)cc1NC(=O)Nc1ccc2nc(Nc3ncnc4cc(OCCCN5CCN(C)CC5)c(OC)cc34)sc2c1. The molecule has 0 unspecified atom stereocenters. The first kappa shape index (κ1) is 31.5. The van der Waals surface area contributed by atoms with Gasteiger partial charge in [-0.25, -0.2) is 19.7 Å². The van der Waals surface area contributed by atoms with E-state index in [1.807, 2.05) is 24.3 Å². The van der Waals surface area contributed by atoms with E-state index in [0.29, 0.717) is 51.2 Å². The number of aromatic nitrogens is 3. The first-order chi connectivity index (χ1) is 22.4. The molecule has 1 saturated heterocycles. The van der Waals surface area contributed by atoms with Gasteiger partial charge in [0.25, 0.3) is 0 Å². The van der Waals surface area contributed by atoms with Gasteiger partial charge in [-0.15, -0.1) is 0 Å². The molecule has 14 heteroatoms. The Bertz CT molecular complexity index is 1850. The van der Waals surface area contributed by atoms with Gasteiger partial charge in [0, 0.05) is 54.9 Å². The highest BCUT2D eigenvalue weighted by Crippen LogP contribution is 2.36. The third-order valence-electron chi connectivity index (χ3n) is 7.67. The number of ether oxygens (including phenoxy) is 3. The van der Waals surface area contributed by atoms with E-state index in [-0.39, 0.29) is 0 Å². The van der Waals surface area contributed by atoms with E-state index in [1.54, 1.807) is 31.4 Å². The lowest BCUT2D eigenvalue weighted by Crippen LogP contribution is -2.44. The van der Waals surface area contributed by atoms with Gasteiger partial charge in [-0.1, -0.05) is 22.9 Å². The highest BCUT2D eigenvalue weighted by molar-refractivity contribution is 7.22. The Morgan fingerprint density at radius 2 is 1.76 bits per heavy atom. The maximum Gasteiger partial charge on any atom is 0.323 e. The topological polar surface area (TPSA) is 126 Å². The second kappa shape index (κ2) is 14.3. The van der Waals surface area contributed by atoms with Crippen LogP contribution in [0.5, 0.6) is 17.2 Å². The van der Waals surface area contributed by atoms with Crippen LogP contribution in [0.25, 0.3) is 21.1 Å². The maximum absolute atomic E-state index is 12.7.